The van der Waals surface area contributed by atoms with Gasteiger partial charge in [-0.15, -0.1) is 11.8 Å². The Kier molecular flexibility index (Phi) is 7.29. The number of carbonyl (C=O) groups is 1. The van der Waals surface area contributed by atoms with E-state index in [0.29, 0.717) is 41.8 Å². The predicted octanol–water partition coefficient (Wildman–Crippen LogP) is 7.09. The number of anilines is 1. The standard InChI is InChI=1S/C30H26ClFN4OS/c1-17-13-18(2)22(14-19(17)16-38-21-10-8-20(32)9-11-21)27-23(15-33)30(34)36(25-6-4-12-35-29(25)31)24-5-3-7-26(37)28(24)27/h4,6,8-14,27H,3,5,7,16,34H2,1-2H3. The number of aromatic nitrogens is 1. The second-order valence-corrected chi connectivity index (χ2v) is 10.9. The molecule has 0 fully saturated rings. The Balaban J connectivity index is 1.63. The summed E-state index contributed by atoms with van der Waals surface area (Å²) < 4.78 is 13.3. The number of thioether (sulfide) groups is 1. The molecule has 0 saturated heterocycles. The smallest absolute Gasteiger partial charge is 0.161 e. The van der Waals surface area contributed by atoms with Crippen LogP contribution in [0.1, 0.15) is 47.4 Å². The lowest BCUT2D eigenvalue weighted by Gasteiger charge is -2.40. The summed E-state index contributed by atoms with van der Waals surface area (Å²) in [5.74, 6) is 0.115. The lowest BCUT2D eigenvalue weighted by molar-refractivity contribution is -0.116. The molecular formula is C30H26ClFN4OS. The van der Waals surface area contributed by atoms with E-state index in [1.165, 1.54) is 12.1 Å². The Morgan fingerprint density at radius 3 is 2.66 bits per heavy atom. The molecule has 1 aliphatic carbocycles. The van der Waals surface area contributed by atoms with E-state index in [1.54, 1.807) is 47.1 Å². The number of hydrogen-bond acceptors (Lipinski definition) is 6. The minimum Gasteiger partial charge on any atom is -0.384 e. The van der Waals surface area contributed by atoms with Gasteiger partial charge in [0.05, 0.1) is 23.2 Å². The van der Waals surface area contributed by atoms with Crippen LogP contribution in [0.5, 0.6) is 0 Å². The first kappa shape index (κ1) is 26.0. The molecule has 1 atom stereocenters. The number of ketones is 1. The Labute approximate surface area is 230 Å². The van der Waals surface area contributed by atoms with Crippen molar-refractivity contribution in [2.75, 3.05) is 4.90 Å². The lowest BCUT2D eigenvalue weighted by Crippen LogP contribution is -2.39. The minimum absolute atomic E-state index is 0.0173. The Morgan fingerprint density at radius 1 is 1.18 bits per heavy atom. The summed E-state index contributed by atoms with van der Waals surface area (Å²) in [5, 5.41) is 10.6. The Hall–Kier alpha value is -3.60. The molecule has 2 aromatic carbocycles. The number of nitrogens with two attached hydrogens (primary N) is 1. The zero-order valence-electron chi connectivity index (χ0n) is 21.1. The molecule has 0 amide bonds. The molecule has 1 unspecified atom stereocenters. The number of carbonyl (C=O) groups excluding carboxylic acids is 1. The normalized spacial score (nSPS) is 17.5. The fourth-order valence-electron chi connectivity index (χ4n) is 5.29. The van der Waals surface area contributed by atoms with Gasteiger partial charge in [-0.1, -0.05) is 23.7 Å². The van der Waals surface area contributed by atoms with E-state index >= 15 is 0 Å². The summed E-state index contributed by atoms with van der Waals surface area (Å²) in [6, 6.07) is 16.5. The van der Waals surface area contributed by atoms with E-state index in [9.17, 15) is 14.4 Å². The Morgan fingerprint density at radius 2 is 1.95 bits per heavy atom. The highest BCUT2D eigenvalue weighted by atomic mass is 35.5. The van der Waals surface area contributed by atoms with Crippen molar-refractivity contribution < 1.29 is 9.18 Å². The van der Waals surface area contributed by atoms with Crippen LogP contribution in [0.15, 0.2) is 82.3 Å². The molecule has 5 nitrogen and oxygen atoms in total. The number of aryl methyl sites for hydroxylation is 2. The first-order valence-electron chi connectivity index (χ1n) is 12.3. The van der Waals surface area contributed by atoms with Crippen molar-refractivity contribution in [2.24, 2.45) is 5.73 Å². The SMILES string of the molecule is Cc1cc(C)c(C2C(C#N)=C(N)N(c3cccnc3Cl)C3=C2C(=O)CCC3)cc1CSc1ccc(F)cc1. The van der Waals surface area contributed by atoms with Gasteiger partial charge in [0, 0.05) is 34.5 Å². The van der Waals surface area contributed by atoms with Crippen LogP contribution in [0.3, 0.4) is 0 Å². The second kappa shape index (κ2) is 10.6. The van der Waals surface area contributed by atoms with Crippen molar-refractivity contribution in [3.63, 3.8) is 0 Å². The van der Waals surface area contributed by atoms with E-state index in [-0.39, 0.29) is 22.6 Å². The van der Waals surface area contributed by atoms with E-state index < -0.39 is 5.92 Å². The van der Waals surface area contributed by atoms with Gasteiger partial charge < -0.3 is 5.73 Å². The number of hydrogen-bond donors (Lipinski definition) is 1. The van der Waals surface area contributed by atoms with Gasteiger partial charge in [0.1, 0.15) is 11.6 Å². The third kappa shape index (κ3) is 4.70. The number of pyridine rings is 1. The fourth-order valence-corrected chi connectivity index (χ4v) is 6.46. The molecule has 38 heavy (non-hydrogen) atoms. The van der Waals surface area contributed by atoms with Gasteiger partial charge in [-0.25, -0.2) is 9.37 Å². The molecule has 0 radical (unpaired) electrons. The number of nitriles is 1. The first-order chi connectivity index (χ1) is 18.3. The van der Waals surface area contributed by atoms with E-state index in [4.69, 9.17) is 17.3 Å². The molecule has 8 heteroatoms. The molecule has 2 aliphatic rings. The van der Waals surface area contributed by atoms with Crippen molar-refractivity contribution in [3.05, 3.63) is 111 Å². The molecule has 192 valence electrons. The molecule has 0 saturated carbocycles. The summed E-state index contributed by atoms with van der Waals surface area (Å²) in [7, 11) is 0. The zero-order valence-corrected chi connectivity index (χ0v) is 22.7. The van der Waals surface area contributed by atoms with Gasteiger partial charge in [0.15, 0.2) is 10.9 Å². The van der Waals surface area contributed by atoms with Crippen LogP contribution in [0.25, 0.3) is 0 Å². The molecule has 0 spiro atoms. The van der Waals surface area contributed by atoms with Crippen LogP contribution in [-0.4, -0.2) is 10.8 Å². The molecule has 3 aromatic rings. The number of Topliss-reactive ketones (excluding diaryl/α,β-unsaturated/α-hetero) is 1. The average molecular weight is 545 g/mol. The van der Waals surface area contributed by atoms with E-state index in [1.807, 2.05) is 6.92 Å². The van der Waals surface area contributed by atoms with Crippen molar-refractivity contribution in [3.8, 4) is 6.07 Å². The monoisotopic (exact) mass is 544 g/mol. The number of rotatable bonds is 5. The quantitative estimate of drug-likeness (QED) is 0.273. The Bertz CT molecular complexity index is 1540. The minimum atomic E-state index is -0.565. The highest BCUT2D eigenvalue weighted by molar-refractivity contribution is 7.98. The number of halogens is 2. The highest BCUT2D eigenvalue weighted by Gasteiger charge is 2.41. The zero-order chi connectivity index (χ0) is 27.0. The van der Waals surface area contributed by atoms with Crippen LogP contribution in [0.4, 0.5) is 10.1 Å². The average Bonchev–Trinajstić information content (AvgIpc) is 2.89. The van der Waals surface area contributed by atoms with Crippen LogP contribution < -0.4 is 10.6 Å². The number of nitrogens with zero attached hydrogens (tertiary/aromatic N) is 3. The summed E-state index contributed by atoms with van der Waals surface area (Å²) in [4.78, 5) is 20.4. The summed E-state index contributed by atoms with van der Waals surface area (Å²) in [6.07, 6.45) is 3.34. The molecule has 2 N–H and O–H groups in total. The van der Waals surface area contributed by atoms with Crippen LogP contribution in [-0.2, 0) is 10.5 Å². The van der Waals surface area contributed by atoms with Crippen molar-refractivity contribution in [2.45, 2.75) is 49.7 Å². The first-order valence-corrected chi connectivity index (χ1v) is 13.7. The van der Waals surface area contributed by atoms with Gasteiger partial charge in [0.25, 0.3) is 0 Å². The second-order valence-electron chi connectivity index (χ2n) is 9.51. The van der Waals surface area contributed by atoms with Crippen LogP contribution in [0.2, 0.25) is 5.15 Å². The third-order valence-corrected chi connectivity index (χ3v) is 8.49. The highest BCUT2D eigenvalue weighted by Crippen LogP contribution is 2.48. The van der Waals surface area contributed by atoms with Crippen molar-refractivity contribution in [1.82, 2.24) is 4.98 Å². The topological polar surface area (TPSA) is 83.0 Å². The van der Waals surface area contributed by atoms with E-state index in [2.05, 4.69) is 30.1 Å². The molecular weight excluding hydrogens is 519 g/mol. The van der Waals surface area contributed by atoms with E-state index in [0.717, 1.165) is 32.8 Å². The summed E-state index contributed by atoms with van der Waals surface area (Å²) >= 11 is 8.06. The van der Waals surface area contributed by atoms with Gasteiger partial charge in [-0.05, 0) is 85.3 Å². The molecule has 1 aliphatic heterocycles. The molecule has 5 rings (SSSR count). The molecule has 0 bridgehead atoms. The van der Waals surface area contributed by atoms with Gasteiger partial charge in [-0.2, -0.15) is 5.26 Å². The largest absolute Gasteiger partial charge is 0.384 e. The maximum absolute atomic E-state index is 13.5. The van der Waals surface area contributed by atoms with Crippen molar-refractivity contribution >= 4 is 34.8 Å². The van der Waals surface area contributed by atoms with Gasteiger partial charge >= 0.3 is 0 Å². The lowest BCUT2D eigenvalue weighted by atomic mass is 9.74. The maximum atomic E-state index is 13.5. The third-order valence-electron chi connectivity index (χ3n) is 7.14. The molecule has 2 heterocycles. The number of benzene rings is 2. The van der Waals surface area contributed by atoms with Gasteiger partial charge in [-0.3, -0.25) is 9.69 Å². The molecule has 1 aromatic heterocycles. The predicted molar refractivity (Wildman–Crippen MR) is 149 cm³/mol. The summed E-state index contributed by atoms with van der Waals surface area (Å²) in [6.45, 7) is 4.05. The summed E-state index contributed by atoms with van der Waals surface area (Å²) in [5.41, 5.74) is 13.0. The fraction of sp³-hybridized carbons (Fsp3) is 0.233. The van der Waals surface area contributed by atoms with Gasteiger partial charge in [0.2, 0.25) is 0 Å². The van der Waals surface area contributed by atoms with Crippen LogP contribution >= 0.6 is 23.4 Å². The number of allylic oxidation sites excluding steroid dienone is 3. The van der Waals surface area contributed by atoms with Crippen LogP contribution in [0, 0.1) is 31.0 Å². The maximum Gasteiger partial charge on any atom is 0.161 e. The van der Waals surface area contributed by atoms with Crippen molar-refractivity contribution in [1.29, 1.82) is 5.26 Å².